The van der Waals surface area contributed by atoms with E-state index in [4.69, 9.17) is 23.7 Å². The first kappa shape index (κ1) is 26.4. The summed E-state index contributed by atoms with van der Waals surface area (Å²) in [4.78, 5) is 0. The molecular weight excluding hydrogens is 460 g/mol. The maximum absolute atomic E-state index is 10.4. The highest BCUT2D eigenvalue weighted by Crippen LogP contribution is 2.36. The van der Waals surface area contributed by atoms with Crippen molar-refractivity contribution in [1.29, 1.82) is 0 Å². The molecule has 36 heavy (non-hydrogen) atoms. The molecule has 7 heteroatoms. The van der Waals surface area contributed by atoms with Crippen molar-refractivity contribution in [3.63, 3.8) is 0 Å². The zero-order valence-corrected chi connectivity index (χ0v) is 20.4. The Morgan fingerprint density at radius 3 is 1.47 bits per heavy atom. The van der Waals surface area contributed by atoms with Crippen molar-refractivity contribution in [2.75, 3.05) is 20.3 Å². The Bertz CT molecular complexity index is 1010. The Balaban J connectivity index is 1.64. The van der Waals surface area contributed by atoms with Crippen LogP contribution >= 0.6 is 0 Å². The topological polar surface area (TPSA) is 86.6 Å². The van der Waals surface area contributed by atoms with Gasteiger partial charge < -0.3 is 33.9 Å². The Morgan fingerprint density at radius 2 is 1.06 bits per heavy atom. The van der Waals surface area contributed by atoms with Crippen LogP contribution in [0.2, 0.25) is 0 Å². The molecule has 3 aromatic carbocycles. The molecule has 4 atom stereocenters. The number of aliphatic hydroxyl groups is 2. The molecule has 1 saturated heterocycles. The first-order chi connectivity index (χ1) is 17.7. The second kappa shape index (κ2) is 13.1. The summed E-state index contributed by atoms with van der Waals surface area (Å²) in [5.41, 5.74) is 1.45. The summed E-state index contributed by atoms with van der Waals surface area (Å²) in [7, 11) is 1.50. The zero-order valence-electron chi connectivity index (χ0n) is 20.4. The predicted molar refractivity (Wildman–Crippen MR) is 134 cm³/mol. The first-order valence-electron chi connectivity index (χ1n) is 12.1. The van der Waals surface area contributed by atoms with Gasteiger partial charge in [0.2, 0.25) is 0 Å². The Labute approximate surface area is 212 Å². The van der Waals surface area contributed by atoms with Gasteiger partial charge in [-0.2, -0.15) is 0 Å². The van der Waals surface area contributed by atoms with Crippen molar-refractivity contribution < 1.29 is 33.9 Å². The van der Waals surface area contributed by atoms with E-state index in [1.165, 1.54) is 7.11 Å². The normalized spacial score (nSPS) is 23.4. The lowest BCUT2D eigenvalue weighted by atomic mass is 9.87. The summed E-state index contributed by atoms with van der Waals surface area (Å²) in [5.74, 6) is 0. The van der Waals surface area contributed by atoms with Crippen LogP contribution in [0.1, 0.15) is 16.7 Å². The number of hydrogen-bond donors (Lipinski definition) is 2. The zero-order chi connectivity index (χ0) is 25.2. The summed E-state index contributed by atoms with van der Waals surface area (Å²) >= 11 is 0. The smallest absolute Gasteiger partial charge is 0.187 e. The van der Waals surface area contributed by atoms with Crippen LogP contribution in [0, 0.1) is 0 Å². The first-order valence-corrected chi connectivity index (χ1v) is 12.1. The average Bonchev–Trinajstić information content (AvgIpc) is 2.95. The van der Waals surface area contributed by atoms with Gasteiger partial charge in [-0.25, -0.2) is 0 Å². The lowest BCUT2D eigenvalue weighted by molar-refractivity contribution is -0.360. The summed E-state index contributed by atoms with van der Waals surface area (Å²) in [5, 5.41) is 20.8. The van der Waals surface area contributed by atoms with E-state index in [0.29, 0.717) is 6.61 Å². The molecule has 1 fully saturated rings. The standard InChI is InChI=1S/C29H34O7/c1-32-28-26(34-18-23-13-7-3-8-14-23)25(33-17-22-11-5-2-6-12-22)27(29(20-30,21-31)36-28)35-19-24-15-9-4-10-16-24/h2-16,25-28,30-31H,17-21H2,1H3. The summed E-state index contributed by atoms with van der Waals surface area (Å²) < 4.78 is 30.9. The highest BCUT2D eigenvalue weighted by Gasteiger charge is 2.57. The van der Waals surface area contributed by atoms with Gasteiger partial charge in [-0.1, -0.05) is 91.0 Å². The number of aliphatic hydroxyl groups excluding tert-OH is 2. The third-order valence-electron chi connectivity index (χ3n) is 6.37. The molecule has 0 spiro atoms. The summed E-state index contributed by atoms with van der Waals surface area (Å²) in [6, 6.07) is 29.2. The van der Waals surface area contributed by atoms with E-state index in [1.807, 2.05) is 91.0 Å². The van der Waals surface area contributed by atoms with Crippen LogP contribution in [0.5, 0.6) is 0 Å². The maximum atomic E-state index is 10.4. The molecule has 4 unspecified atom stereocenters. The maximum Gasteiger partial charge on any atom is 0.187 e. The molecule has 0 radical (unpaired) electrons. The number of benzene rings is 3. The molecule has 4 rings (SSSR count). The van der Waals surface area contributed by atoms with Crippen LogP contribution in [-0.2, 0) is 43.5 Å². The number of ether oxygens (including phenoxy) is 5. The molecule has 0 aromatic heterocycles. The van der Waals surface area contributed by atoms with Crippen molar-refractivity contribution in [3.05, 3.63) is 108 Å². The second-order valence-electron chi connectivity index (χ2n) is 8.84. The molecule has 1 aliphatic heterocycles. The van der Waals surface area contributed by atoms with Gasteiger partial charge in [0, 0.05) is 7.11 Å². The molecule has 1 heterocycles. The van der Waals surface area contributed by atoms with E-state index in [-0.39, 0.29) is 13.2 Å². The fourth-order valence-electron chi connectivity index (χ4n) is 4.37. The fraction of sp³-hybridized carbons (Fsp3) is 0.379. The molecule has 0 amide bonds. The van der Waals surface area contributed by atoms with Gasteiger partial charge in [0.25, 0.3) is 0 Å². The fourth-order valence-corrected chi connectivity index (χ4v) is 4.37. The molecule has 192 valence electrons. The molecule has 1 aliphatic rings. The van der Waals surface area contributed by atoms with Gasteiger partial charge in [0.15, 0.2) is 6.29 Å². The van der Waals surface area contributed by atoms with Crippen molar-refractivity contribution in [2.45, 2.75) is 50.0 Å². The van der Waals surface area contributed by atoms with Gasteiger partial charge in [0.1, 0.15) is 23.9 Å². The van der Waals surface area contributed by atoms with Crippen molar-refractivity contribution in [2.24, 2.45) is 0 Å². The Kier molecular flexibility index (Phi) is 9.60. The monoisotopic (exact) mass is 494 g/mol. The molecule has 2 N–H and O–H groups in total. The third kappa shape index (κ3) is 6.38. The largest absolute Gasteiger partial charge is 0.393 e. The minimum atomic E-state index is -1.45. The molecular formula is C29H34O7. The van der Waals surface area contributed by atoms with Crippen LogP contribution in [-0.4, -0.2) is 60.7 Å². The highest BCUT2D eigenvalue weighted by molar-refractivity contribution is 5.16. The Hall–Kier alpha value is -2.62. The molecule has 0 bridgehead atoms. The lowest BCUT2D eigenvalue weighted by Gasteiger charge is -2.51. The van der Waals surface area contributed by atoms with Gasteiger partial charge >= 0.3 is 0 Å². The predicted octanol–water partition coefficient (Wildman–Crippen LogP) is 3.47. The van der Waals surface area contributed by atoms with Crippen molar-refractivity contribution in [3.8, 4) is 0 Å². The van der Waals surface area contributed by atoms with Gasteiger partial charge in [-0.05, 0) is 16.7 Å². The number of methoxy groups -OCH3 is 1. The van der Waals surface area contributed by atoms with Crippen LogP contribution in [0.25, 0.3) is 0 Å². The number of hydrogen-bond acceptors (Lipinski definition) is 7. The highest BCUT2D eigenvalue weighted by atomic mass is 16.7. The minimum Gasteiger partial charge on any atom is -0.393 e. The summed E-state index contributed by atoms with van der Waals surface area (Å²) in [6.45, 7) is -0.147. The average molecular weight is 495 g/mol. The van der Waals surface area contributed by atoms with Crippen LogP contribution in [0.15, 0.2) is 91.0 Å². The number of rotatable bonds is 12. The molecule has 7 nitrogen and oxygen atoms in total. The van der Waals surface area contributed by atoms with Gasteiger partial charge in [-0.15, -0.1) is 0 Å². The van der Waals surface area contributed by atoms with E-state index in [9.17, 15) is 10.2 Å². The lowest BCUT2D eigenvalue weighted by Crippen LogP contribution is -2.69. The van der Waals surface area contributed by atoms with E-state index in [1.54, 1.807) is 0 Å². The summed E-state index contributed by atoms with van der Waals surface area (Å²) in [6.07, 6.45) is -3.14. The molecule has 3 aromatic rings. The van der Waals surface area contributed by atoms with Crippen molar-refractivity contribution >= 4 is 0 Å². The van der Waals surface area contributed by atoms with E-state index >= 15 is 0 Å². The third-order valence-corrected chi connectivity index (χ3v) is 6.37. The van der Waals surface area contributed by atoms with Gasteiger partial charge in [-0.3, -0.25) is 0 Å². The van der Waals surface area contributed by atoms with Crippen molar-refractivity contribution in [1.82, 2.24) is 0 Å². The second-order valence-corrected chi connectivity index (χ2v) is 8.84. The Morgan fingerprint density at radius 1 is 0.639 bits per heavy atom. The van der Waals surface area contributed by atoms with E-state index in [0.717, 1.165) is 16.7 Å². The van der Waals surface area contributed by atoms with Crippen LogP contribution in [0.3, 0.4) is 0 Å². The SMILES string of the molecule is COC1OC(CO)(CO)C(OCc2ccccc2)C(OCc2ccccc2)C1OCc1ccccc1. The van der Waals surface area contributed by atoms with Crippen LogP contribution in [0.4, 0.5) is 0 Å². The van der Waals surface area contributed by atoms with E-state index in [2.05, 4.69) is 0 Å². The van der Waals surface area contributed by atoms with E-state index < -0.39 is 43.4 Å². The minimum absolute atomic E-state index is 0.241. The van der Waals surface area contributed by atoms with Crippen LogP contribution < -0.4 is 0 Å². The quantitative estimate of drug-likeness (QED) is 0.399. The van der Waals surface area contributed by atoms with Gasteiger partial charge in [0.05, 0.1) is 33.0 Å². The molecule has 0 aliphatic carbocycles. The molecule has 0 saturated carbocycles.